The molecule has 3 aromatic rings. The Kier molecular flexibility index (Phi) is 11.3. The maximum atomic E-state index is 14.7. The van der Waals surface area contributed by atoms with E-state index in [0.29, 0.717) is 5.56 Å². The van der Waals surface area contributed by atoms with Crippen LogP contribution in [0.25, 0.3) is 22.3 Å². The van der Waals surface area contributed by atoms with Crippen LogP contribution in [0.15, 0.2) is 60.7 Å². The van der Waals surface area contributed by atoms with Gasteiger partial charge < -0.3 is 0 Å². The number of hydrogen-bond acceptors (Lipinski definition) is 1. The minimum absolute atomic E-state index is 0.362. The smallest absolute Gasteiger partial charge is 0.220 e. The van der Waals surface area contributed by atoms with Gasteiger partial charge in [0, 0.05) is 11.3 Å². The maximum absolute atomic E-state index is 14.7. The number of hydrogen-bond donors (Lipinski definition) is 0. The molecular weight excluding hydrogens is 417 g/mol. The highest BCUT2D eigenvalue weighted by molar-refractivity contribution is 5.70. The molecule has 2 aromatic carbocycles. The van der Waals surface area contributed by atoms with Crippen LogP contribution in [0.2, 0.25) is 0 Å². The molecule has 0 aliphatic heterocycles. The van der Waals surface area contributed by atoms with E-state index in [1.807, 2.05) is 24.3 Å². The lowest BCUT2D eigenvalue weighted by atomic mass is 9.98. The van der Waals surface area contributed by atoms with Crippen LogP contribution < -0.4 is 0 Å². The summed E-state index contributed by atoms with van der Waals surface area (Å²) in [6.45, 7) is 4.49. The second-order valence-corrected chi connectivity index (χ2v) is 9.60. The molecule has 2 heteroatoms. The summed E-state index contributed by atoms with van der Waals surface area (Å²) in [6, 6.07) is 20.9. The highest BCUT2D eigenvalue weighted by Gasteiger charge is 2.09. The average Bonchev–Trinajstić information content (AvgIpc) is 2.87. The Morgan fingerprint density at radius 1 is 0.529 bits per heavy atom. The van der Waals surface area contributed by atoms with Crippen molar-refractivity contribution in [2.75, 3.05) is 0 Å². The summed E-state index contributed by atoms with van der Waals surface area (Å²) in [5.74, 6) is -0.362. The van der Waals surface area contributed by atoms with E-state index < -0.39 is 0 Å². The molecular formula is C32H42FN. The molecule has 0 bridgehead atoms. The van der Waals surface area contributed by atoms with E-state index in [2.05, 4.69) is 55.2 Å². The van der Waals surface area contributed by atoms with Gasteiger partial charge in [0.2, 0.25) is 5.95 Å². The van der Waals surface area contributed by atoms with Crippen LogP contribution in [0.5, 0.6) is 0 Å². The molecule has 0 spiro atoms. The summed E-state index contributed by atoms with van der Waals surface area (Å²) in [5.41, 5.74) is 6.09. The molecule has 0 aliphatic carbocycles. The van der Waals surface area contributed by atoms with E-state index >= 15 is 0 Å². The van der Waals surface area contributed by atoms with Gasteiger partial charge in [-0.1, -0.05) is 120 Å². The first-order chi connectivity index (χ1) is 16.7. The molecule has 0 saturated heterocycles. The van der Waals surface area contributed by atoms with Crippen molar-refractivity contribution in [3.05, 3.63) is 77.9 Å². The average molecular weight is 460 g/mol. The molecule has 0 unspecified atom stereocenters. The number of benzene rings is 2. The summed E-state index contributed by atoms with van der Waals surface area (Å²) in [5, 5.41) is 0. The highest BCUT2D eigenvalue weighted by atomic mass is 19.1. The Balaban J connectivity index is 1.53. The third-order valence-corrected chi connectivity index (χ3v) is 6.75. The third kappa shape index (κ3) is 8.38. The summed E-state index contributed by atoms with van der Waals surface area (Å²) in [7, 11) is 0. The van der Waals surface area contributed by atoms with Crippen LogP contribution in [-0.4, -0.2) is 4.98 Å². The van der Waals surface area contributed by atoms with Gasteiger partial charge in [0.15, 0.2) is 0 Å². The van der Waals surface area contributed by atoms with Gasteiger partial charge in [0.25, 0.3) is 0 Å². The minimum atomic E-state index is -0.362. The number of halogens is 1. The van der Waals surface area contributed by atoms with Gasteiger partial charge in [0.05, 0.1) is 0 Å². The fraction of sp³-hybridized carbons (Fsp3) is 0.469. The number of unbranched alkanes of at least 4 members (excludes halogenated alkanes) is 9. The van der Waals surface area contributed by atoms with Crippen LogP contribution in [0.4, 0.5) is 4.39 Å². The Labute approximate surface area is 206 Å². The molecule has 0 radical (unpaired) electrons. The van der Waals surface area contributed by atoms with E-state index in [-0.39, 0.29) is 5.95 Å². The van der Waals surface area contributed by atoms with E-state index in [0.717, 1.165) is 36.1 Å². The van der Waals surface area contributed by atoms with Crippen molar-refractivity contribution in [2.24, 2.45) is 0 Å². The molecule has 0 saturated carbocycles. The van der Waals surface area contributed by atoms with Crippen molar-refractivity contribution >= 4 is 0 Å². The Morgan fingerprint density at radius 2 is 1.03 bits per heavy atom. The maximum Gasteiger partial charge on any atom is 0.220 e. The second kappa shape index (κ2) is 14.7. The van der Waals surface area contributed by atoms with Crippen LogP contribution in [-0.2, 0) is 12.8 Å². The van der Waals surface area contributed by atoms with Gasteiger partial charge in [-0.15, -0.1) is 0 Å². The SMILES string of the molecule is CCCCCCCCc1ccc(-c2ccc(-c3ccc(CCCCCCC)cc3)cc2)c(F)n1. The summed E-state index contributed by atoms with van der Waals surface area (Å²) < 4.78 is 14.7. The molecule has 0 N–H and O–H groups in total. The van der Waals surface area contributed by atoms with Crippen LogP contribution >= 0.6 is 0 Å². The quantitative estimate of drug-likeness (QED) is 0.163. The van der Waals surface area contributed by atoms with Gasteiger partial charge in [-0.05, 0) is 60.1 Å². The van der Waals surface area contributed by atoms with Gasteiger partial charge in [-0.3, -0.25) is 0 Å². The zero-order valence-electron chi connectivity index (χ0n) is 21.3. The fourth-order valence-electron chi connectivity index (χ4n) is 4.55. The second-order valence-electron chi connectivity index (χ2n) is 9.60. The Bertz CT molecular complexity index is 959. The predicted octanol–water partition coefficient (Wildman–Crippen LogP) is 9.97. The van der Waals surface area contributed by atoms with Crippen molar-refractivity contribution in [2.45, 2.75) is 97.3 Å². The standard InChI is InChI=1S/C32H42FN/c1-3-5-7-9-11-13-15-30-24-25-31(32(33)34-30)29-22-20-28(21-23-29)27-18-16-26(17-19-27)14-12-10-8-6-4-2/h16-25H,3-15H2,1-2H3. The molecule has 3 rings (SSSR count). The van der Waals surface area contributed by atoms with E-state index in [1.54, 1.807) is 0 Å². The first kappa shape index (κ1) is 26.1. The zero-order valence-corrected chi connectivity index (χ0v) is 21.3. The molecule has 0 fully saturated rings. The number of pyridine rings is 1. The molecule has 1 aromatic heterocycles. The number of rotatable bonds is 15. The number of aryl methyl sites for hydroxylation is 2. The van der Waals surface area contributed by atoms with E-state index in [1.165, 1.54) is 75.3 Å². The first-order valence-corrected chi connectivity index (χ1v) is 13.6. The zero-order chi connectivity index (χ0) is 24.0. The molecule has 1 heterocycles. The Morgan fingerprint density at radius 3 is 1.62 bits per heavy atom. The summed E-state index contributed by atoms with van der Waals surface area (Å²) in [4.78, 5) is 4.25. The van der Waals surface area contributed by atoms with Crippen molar-refractivity contribution < 1.29 is 4.39 Å². The van der Waals surface area contributed by atoms with Gasteiger partial charge in [0.1, 0.15) is 0 Å². The lowest BCUT2D eigenvalue weighted by molar-refractivity contribution is 0.570. The predicted molar refractivity (Wildman–Crippen MR) is 145 cm³/mol. The molecule has 1 nitrogen and oxygen atoms in total. The summed E-state index contributed by atoms with van der Waals surface area (Å²) in [6.07, 6.45) is 16.0. The van der Waals surface area contributed by atoms with Gasteiger partial charge in [-0.25, -0.2) is 4.98 Å². The van der Waals surface area contributed by atoms with Crippen LogP contribution in [0, 0.1) is 5.95 Å². The number of aromatic nitrogens is 1. The van der Waals surface area contributed by atoms with Crippen LogP contribution in [0.3, 0.4) is 0 Å². The highest BCUT2D eigenvalue weighted by Crippen LogP contribution is 2.27. The largest absolute Gasteiger partial charge is 0.224 e. The molecule has 34 heavy (non-hydrogen) atoms. The first-order valence-electron chi connectivity index (χ1n) is 13.6. The number of nitrogens with zero attached hydrogens (tertiary/aromatic N) is 1. The van der Waals surface area contributed by atoms with E-state index in [9.17, 15) is 4.39 Å². The lowest BCUT2D eigenvalue weighted by Gasteiger charge is -2.08. The lowest BCUT2D eigenvalue weighted by Crippen LogP contribution is -1.96. The molecule has 0 aliphatic rings. The topological polar surface area (TPSA) is 12.9 Å². The van der Waals surface area contributed by atoms with Crippen molar-refractivity contribution in [3.63, 3.8) is 0 Å². The van der Waals surface area contributed by atoms with Gasteiger partial charge >= 0.3 is 0 Å². The monoisotopic (exact) mass is 459 g/mol. The Hall–Kier alpha value is -2.48. The van der Waals surface area contributed by atoms with Gasteiger partial charge in [-0.2, -0.15) is 4.39 Å². The van der Waals surface area contributed by atoms with Crippen molar-refractivity contribution in [1.29, 1.82) is 0 Å². The van der Waals surface area contributed by atoms with Crippen molar-refractivity contribution in [3.8, 4) is 22.3 Å². The molecule has 0 amide bonds. The summed E-state index contributed by atoms with van der Waals surface area (Å²) >= 11 is 0. The normalized spacial score (nSPS) is 11.1. The minimum Gasteiger partial charge on any atom is -0.224 e. The molecule has 182 valence electrons. The van der Waals surface area contributed by atoms with Crippen LogP contribution in [0.1, 0.15) is 95.7 Å². The fourth-order valence-corrected chi connectivity index (χ4v) is 4.55. The van der Waals surface area contributed by atoms with Crippen molar-refractivity contribution in [1.82, 2.24) is 4.98 Å². The molecule has 0 atom stereocenters. The van der Waals surface area contributed by atoms with E-state index in [4.69, 9.17) is 0 Å². The third-order valence-electron chi connectivity index (χ3n) is 6.75.